The van der Waals surface area contributed by atoms with Crippen LogP contribution in [0.4, 0.5) is 4.39 Å². The Morgan fingerprint density at radius 2 is 2.40 bits per heavy atom. The quantitative estimate of drug-likeness (QED) is 0.918. The first-order valence-electron chi connectivity index (χ1n) is 7.71. The Hall–Kier alpha value is -1.00. The minimum atomic E-state index is -0.201. The monoisotopic (exact) mass is 278 g/mol. The van der Waals surface area contributed by atoms with E-state index in [9.17, 15) is 4.39 Å². The molecule has 3 nitrogen and oxygen atoms in total. The standard InChI is InChI=1S/C16H23FN2O/c1-2-19-15(13-4-8-18-11-14(13)17)12-5-9-20-16(10-12)6-3-7-16/h4,8,11-12,15,19H,2-3,5-7,9-10H2,1H3. The van der Waals surface area contributed by atoms with Gasteiger partial charge in [0.2, 0.25) is 0 Å². The molecule has 20 heavy (non-hydrogen) atoms. The van der Waals surface area contributed by atoms with E-state index in [1.807, 2.05) is 6.07 Å². The maximum atomic E-state index is 14.1. The van der Waals surface area contributed by atoms with Crippen LogP contribution in [0.5, 0.6) is 0 Å². The molecule has 2 atom stereocenters. The zero-order valence-electron chi connectivity index (χ0n) is 12.1. The first kappa shape index (κ1) is 14.0. The van der Waals surface area contributed by atoms with E-state index >= 15 is 0 Å². The summed E-state index contributed by atoms with van der Waals surface area (Å²) in [6, 6.07) is 1.88. The van der Waals surface area contributed by atoms with Gasteiger partial charge in [-0.1, -0.05) is 6.92 Å². The molecule has 1 aromatic rings. The van der Waals surface area contributed by atoms with Crippen molar-refractivity contribution in [1.82, 2.24) is 10.3 Å². The highest BCUT2D eigenvalue weighted by atomic mass is 19.1. The number of hydrogen-bond acceptors (Lipinski definition) is 3. The molecule has 1 aromatic heterocycles. The molecule has 110 valence electrons. The van der Waals surface area contributed by atoms with Gasteiger partial charge in [-0.2, -0.15) is 0 Å². The van der Waals surface area contributed by atoms with Crippen molar-refractivity contribution in [2.75, 3.05) is 13.2 Å². The summed E-state index contributed by atoms with van der Waals surface area (Å²) < 4.78 is 20.1. The predicted octanol–water partition coefficient (Wildman–Crippen LogP) is 3.22. The highest BCUT2D eigenvalue weighted by Gasteiger charge is 2.44. The average Bonchev–Trinajstić information content (AvgIpc) is 2.44. The van der Waals surface area contributed by atoms with Crippen molar-refractivity contribution >= 4 is 0 Å². The van der Waals surface area contributed by atoms with Crippen LogP contribution in [0.25, 0.3) is 0 Å². The van der Waals surface area contributed by atoms with Gasteiger partial charge >= 0.3 is 0 Å². The topological polar surface area (TPSA) is 34.2 Å². The molecule has 2 unspecified atom stereocenters. The Morgan fingerprint density at radius 3 is 3.05 bits per heavy atom. The van der Waals surface area contributed by atoms with E-state index in [0.29, 0.717) is 5.92 Å². The summed E-state index contributed by atoms with van der Waals surface area (Å²) in [5, 5.41) is 3.47. The second kappa shape index (κ2) is 5.78. The van der Waals surface area contributed by atoms with Crippen molar-refractivity contribution in [2.24, 2.45) is 5.92 Å². The lowest BCUT2D eigenvalue weighted by molar-refractivity contribution is -0.147. The summed E-state index contributed by atoms with van der Waals surface area (Å²) >= 11 is 0. The van der Waals surface area contributed by atoms with Crippen molar-refractivity contribution in [3.05, 3.63) is 29.8 Å². The molecular formula is C16H23FN2O. The summed E-state index contributed by atoms with van der Waals surface area (Å²) in [6.45, 7) is 3.72. The molecule has 0 radical (unpaired) electrons. The zero-order chi connectivity index (χ0) is 14.0. The van der Waals surface area contributed by atoms with E-state index in [1.165, 1.54) is 25.5 Å². The fraction of sp³-hybridized carbons (Fsp3) is 0.688. The fourth-order valence-electron chi connectivity index (χ4n) is 3.66. The molecule has 2 heterocycles. The average molecular weight is 278 g/mol. The molecule has 1 saturated carbocycles. The normalized spacial score (nSPS) is 26.2. The summed E-state index contributed by atoms with van der Waals surface area (Å²) in [5.41, 5.74) is 0.850. The molecule has 1 aliphatic heterocycles. The van der Waals surface area contributed by atoms with Crippen LogP contribution in [0.2, 0.25) is 0 Å². The molecule has 4 heteroatoms. The number of halogens is 1. The second-order valence-corrected chi connectivity index (χ2v) is 6.07. The van der Waals surface area contributed by atoms with E-state index in [1.54, 1.807) is 6.20 Å². The minimum absolute atomic E-state index is 0.0735. The van der Waals surface area contributed by atoms with Crippen LogP contribution in [0.3, 0.4) is 0 Å². The van der Waals surface area contributed by atoms with Crippen molar-refractivity contribution in [1.29, 1.82) is 0 Å². The van der Waals surface area contributed by atoms with Crippen molar-refractivity contribution < 1.29 is 9.13 Å². The molecule has 0 amide bonds. The van der Waals surface area contributed by atoms with Gasteiger partial charge in [0.15, 0.2) is 0 Å². The number of nitrogens with one attached hydrogen (secondary N) is 1. The number of rotatable bonds is 4. The molecule has 2 fully saturated rings. The SMILES string of the molecule is CCNC(c1ccncc1F)C1CCOC2(CCC2)C1. The van der Waals surface area contributed by atoms with Crippen molar-refractivity contribution in [2.45, 2.75) is 50.7 Å². The Bertz CT molecular complexity index is 462. The Morgan fingerprint density at radius 1 is 1.55 bits per heavy atom. The predicted molar refractivity (Wildman–Crippen MR) is 75.9 cm³/mol. The largest absolute Gasteiger partial charge is 0.375 e. The second-order valence-electron chi connectivity index (χ2n) is 6.07. The maximum absolute atomic E-state index is 14.1. The molecular weight excluding hydrogens is 255 g/mol. The maximum Gasteiger partial charge on any atom is 0.146 e. The van der Waals surface area contributed by atoms with Gasteiger partial charge in [-0.15, -0.1) is 0 Å². The third-order valence-corrected chi connectivity index (χ3v) is 4.83. The van der Waals surface area contributed by atoms with Crippen LogP contribution in [-0.2, 0) is 4.74 Å². The number of ether oxygens (including phenoxy) is 1. The van der Waals surface area contributed by atoms with Gasteiger partial charge in [-0.25, -0.2) is 4.39 Å². The lowest BCUT2D eigenvalue weighted by atomic mass is 9.69. The number of nitrogens with zero attached hydrogens (tertiary/aromatic N) is 1. The van der Waals surface area contributed by atoms with Gasteiger partial charge in [0, 0.05) is 24.4 Å². The molecule has 1 saturated heterocycles. The van der Waals surface area contributed by atoms with E-state index in [-0.39, 0.29) is 17.5 Å². The Balaban J connectivity index is 1.81. The Kier molecular flexibility index (Phi) is 4.03. The fourth-order valence-corrected chi connectivity index (χ4v) is 3.66. The highest BCUT2D eigenvalue weighted by molar-refractivity contribution is 5.19. The summed E-state index contributed by atoms with van der Waals surface area (Å²) in [4.78, 5) is 3.86. The smallest absolute Gasteiger partial charge is 0.146 e. The van der Waals surface area contributed by atoms with Gasteiger partial charge < -0.3 is 10.1 Å². The Labute approximate surface area is 119 Å². The van der Waals surface area contributed by atoms with E-state index < -0.39 is 0 Å². The van der Waals surface area contributed by atoms with E-state index in [0.717, 1.165) is 31.6 Å². The van der Waals surface area contributed by atoms with E-state index in [2.05, 4.69) is 17.2 Å². The van der Waals surface area contributed by atoms with Crippen LogP contribution >= 0.6 is 0 Å². The van der Waals surface area contributed by atoms with Gasteiger partial charge in [0.1, 0.15) is 5.82 Å². The molecule has 2 aliphatic rings. The molecule has 1 spiro atoms. The minimum Gasteiger partial charge on any atom is -0.375 e. The molecule has 1 aliphatic carbocycles. The lowest BCUT2D eigenvalue weighted by Crippen LogP contribution is -2.48. The van der Waals surface area contributed by atoms with Gasteiger partial charge in [-0.3, -0.25) is 4.98 Å². The summed E-state index contributed by atoms with van der Waals surface area (Å²) in [7, 11) is 0. The highest BCUT2D eigenvalue weighted by Crippen LogP contribution is 2.47. The molecule has 0 aromatic carbocycles. The van der Waals surface area contributed by atoms with E-state index in [4.69, 9.17) is 4.74 Å². The lowest BCUT2D eigenvalue weighted by Gasteiger charge is -2.49. The first-order valence-corrected chi connectivity index (χ1v) is 7.71. The number of pyridine rings is 1. The summed E-state index contributed by atoms with van der Waals surface area (Å²) in [5.74, 6) is 0.244. The summed E-state index contributed by atoms with van der Waals surface area (Å²) in [6.07, 6.45) is 8.65. The van der Waals surface area contributed by atoms with Crippen molar-refractivity contribution in [3.8, 4) is 0 Å². The first-order chi connectivity index (χ1) is 9.74. The van der Waals surface area contributed by atoms with Crippen LogP contribution in [0.1, 0.15) is 50.6 Å². The van der Waals surface area contributed by atoms with Gasteiger partial charge in [0.05, 0.1) is 11.8 Å². The van der Waals surface area contributed by atoms with Crippen LogP contribution in [-0.4, -0.2) is 23.7 Å². The van der Waals surface area contributed by atoms with Gasteiger partial charge in [0.25, 0.3) is 0 Å². The number of aromatic nitrogens is 1. The van der Waals surface area contributed by atoms with Crippen LogP contribution in [0.15, 0.2) is 18.5 Å². The van der Waals surface area contributed by atoms with Crippen LogP contribution < -0.4 is 5.32 Å². The van der Waals surface area contributed by atoms with Crippen LogP contribution in [0, 0.1) is 11.7 Å². The van der Waals surface area contributed by atoms with Crippen molar-refractivity contribution in [3.63, 3.8) is 0 Å². The third kappa shape index (κ3) is 2.59. The molecule has 1 N–H and O–H groups in total. The molecule has 0 bridgehead atoms. The zero-order valence-corrected chi connectivity index (χ0v) is 12.1. The molecule has 3 rings (SSSR count). The number of hydrogen-bond donors (Lipinski definition) is 1. The van der Waals surface area contributed by atoms with Gasteiger partial charge in [-0.05, 0) is 50.6 Å². The third-order valence-electron chi connectivity index (χ3n) is 4.83.